The van der Waals surface area contributed by atoms with Gasteiger partial charge in [-0.05, 0) is 44.1 Å². The highest BCUT2D eigenvalue weighted by molar-refractivity contribution is 6.07. The van der Waals surface area contributed by atoms with Gasteiger partial charge in [0.1, 0.15) is 5.82 Å². The molecule has 1 aliphatic rings. The van der Waals surface area contributed by atoms with Crippen molar-refractivity contribution in [3.63, 3.8) is 0 Å². The first-order chi connectivity index (χ1) is 13.1. The lowest BCUT2D eigenvalue weighted by Gasteiger charge is -2.32. The number of rotatable bonds is 4. The molecule has 2 aromatic heterocycles. The minimum atomic E-state index is -0.378. The Bertz CT molecular complexity index is 956. The fraction of sp³-hybridized carbons (Fsp3) is 0.350. The van der Waals surface area contributed by atoms with Gasteiger partial charge in [-0.1, -0.05) is 6.92 Å². The zero-order chi connectivity index (χ0) is 18.8. The third-order valence-corrected chi connectivity index (χ3v) is 5.10. The molecule has 0 unspecified atom stereocenters. The topological polar surface area (TPSA) is 73.9 Å². The van der Waals surface area contributed by atoms with Crippen molar-refractivity contribution in [2.24, 2.45) is 0 Å². The van der Waals surface area contributed by atoms with Crippen LogP contribution in [-0.4, -0.2) is 51.7 Å². The van der Waals surface area contributed by atoms with Gasteiger partial charge in [-0.3, -0.25) is 9.89 Å². The highest BCUT2D eigenvalue weighted by atomic mass is 19.1. The fourth-order valence-electron chi connectivity index (χ4n) is 3.65. The SMILES string of the molecule is CCN1CCC[C@H](NC(=O)c2cc(-c3cn[nH]c3)nc3cc(F)ccc23)C1. The number of pyridine rings is 1. The summed E-state index contributed by atoms with van der Waals surface area (Å²) in [6.07, 6.45) is 5.38. The van der Waals surface area contributed by atoms with Crippen LogP contribution in [-0.2, 0) is 0 Å². The Hall–Kier alpha value is -2.80. The van der Waals surface area contributed by atoms with Crippen molar-refractivity contribution in [3.8, 4) is 11.3 Å². The van der Waals surface area contributed by atoms with Crippen molar-refractivity contribution in [3.05, 3.63) is 48.0 Å². The first-order valence-electron chi connectivity index (χ1n) is 9.26. The number of piperidine rings is 1. The molecule has 2 N–H and O–H groups in total. The number of H-pyrrole nitrogens is 1. The van der Waals surface area contributed by atoms with E-state index in [9.17, 15) is 9.18 Å². The van der Waals surface area contributed by atoms with Gasteiger partial charge < -0.3 is 10.2 Å². The highest BCUT2D eigenvalue weighted by Crippen LogP contribution is 2.25. The summed E-state index contributed by atoms with van der Waals surface area (Å²) in [6, 6.07) is 6.20. The number of amides is 1. The summed E-state index contributed by atoms with van der Waals surface area (Å²) in [6.45, 7) is 5.04. The molecule has 3 aromatic rings. The molecule has 1 fully saturated rings. The van der Waals surface area contributed by atoms with E-state index < -0.39 is 0 Å². The molecule has 1 aromatic carbocycles. The predicted molar refractivity (Wildman–Crippen MR) is 102 cm³/mol. The van der Waals surface area contributed by atoms with Crippen LogP contribution in [0.15, 0.2) is 36.7 Å². The number of aromatic nitrogens is 3. The smallest absolute Gasteiger partial charge is 0.252 e. The lowest BCUT2D eigenvalue weighted by atomic mass is 10.0. The van der Waals surface area contributed by atoms with Crippen LogP contribution >= 0.6 is 0 Å². The predicted octanol–water partition coefficient (Wildman–Crippen LogP) is 2.98. The van der Waals surface area contributed by atoms with E-state index in [2.05, 4.69) is 32.3 Å². The summed E-state index contributed by atoms with van der Waals surface area (Å²) < 4.78 is 13.7. The lowest BCUT2D eigenvalue weighted by molar-refractivity contribution is 0.0907. The van der Waals surface area contributed by atoms with E-state index in [1.165, 1.54) is 12.1 Å². The molecule has 7 heteroatoms. The molecule has 1 aliphatic heterocycles. The Morgan fingerprint density at radius 3 is 3.07 bits per heavy atom. The standard InChI is InChI=1S/C20H22FN5O/c1-2-26-7-3-4-15(12-26)24-20(27)17-9-18(13-10-22-23-11-13)25-19-8-14(21)5-6-16(17)19/h5-6,8-11,15H,2-4,7,12H2,1H3,(H,22,23)(H,24,27)/t15-/m0/s1. The van der Waals surface area contributed by atoms with Gasteiger partial charge in [0.25, 0.3) is 5.91 Å². The van der Waals surface area contributed by atoms with Gasteiger partial charge in [-0.25, -0.2) is 9.37 Å². The van der Waals surface area contributed by atoms with E-state index in [4.69, 9.17) is 0 Å². The molecule has 0 aliphatic carbocycles. The lowest BCUT2D eigenvalue weighted by Crippen LogP contribution is -2.47. The van der Waals surface area contributed by atoms with E-state index in [0.29, 0.717) is 22.2 Å². The second kappa shape index (κ2) is 7.44. The normalized spacial score (nSPS) is 17.9. The molecule has 0 saturated carbocycles. The Morgan fingerprint density at radius 2 is 2.30 bits per heavy atom. The van der Waals surface area contributed by atoms with Crippen LogP contribution in [0.3, 0.4) is 0 Å². The Balaban J connectivity index is 1.70. The average molecular weight is 367 g/mol. The molecule has 0 bridgehead atoms. The number of halogens is 1. The summed E-state index contributed by atoms with van der Waals surface area (Å²) in [5, 5.41) is 10.5. The van der Waals surface area contributed by atoms with E-state index in [1.54, 1.807) is 24.5 Å². The number of likely N-dealkylation sites (tertiary alicyclic amines) is 1. The molecule has 0 radical (unpaired) electrons. The number of likely N-dealkylation sites (N-methyl/N-ethyl adjacent to an activating group) is 1. The third-order valence-electron chi connectivity index (χ3n) is 5.10. The van der Waals surface area contributed by atoms with E-state index in [1.807, 2.05) is 0 Å². The fourth-order valence-corrected chi connectivity index (χ4v) is 3.65. The van der Waals surface area contributed by atoms with Crippen LogP contribution < -0.4 is 5.32 Å². The monoisotopic (exact) mass is 367 g/mol. The van der Waals surface area contributed by atoms with Gasteiger partial charge in [0.2, 0.25) is 0 Å². The summed E-state index contributed by atoms with van der Waals surface area (Å²) in [7, 11) is 0. The van der Waals surface area contributed by atoms with Gasteiger partial charge >= 0.3 is 0 Å². The maximum absolute atomic E-state index is 13.7. The molecule has 140 valence electrons. The molecule has 0 spiro atoms. The van der Waals surface area contributed by atoms with Crippen molar-refractivity contribution in [1.29, 1.82) is 0 Å². The second-order valence-electron chi connectivity index (χ2n) is 6.91. The number of carbonyl (C=O) groups excluding carboxylic acids is 1. The summed E-state index contributed by atoms with van der Waals surface area (Å²) in [5.74, 6) is -0.529. The number of carbonyl (C=O) groups is 1. The van der Waals surface area contributed by atoms with Gasteiger partial charge in [0, 0.05) is 35.8 Å². The summed E-state index contributed by atoms with van der Waals surface area (Å²) in [4.78, 5) is 19.9. The molecular weight excluding hydrogens is 345 g/mol. The summed E-state index contributed by atoms with van der Waals surface area (Å²) >= 11 is 0. The maximum Gasteiger partial charge on any atom is 0.252 e. The second-order valence-corrected chi connectivity index (χ2v) is 6.91. The maximum atomic E-state index is 13.7. The van der Waals surface area contributed by atoms with Crippen LogP contribution in [0.25, 0.3) is 22.2 Å². The quantitative estimate of drug-likeness (QED) is 0.743. The van der Waals surface area contributed by atoms with Crippen molar-refractivity contribution in [2.45, 2.75) is 25.8 Å². The molecule has 4 rings (SSSR count). The van der Waals surface area contributed by atoms with Crippen LogP contribution in [0.1, 0.15) is 30.1 Å². The Labute approximate surface area is 156 Å². The van der Waals surface area contributed by atoms with E-state index in [0.717, 1.165) is 38.0 Å². The Morgan fingerprint density at radius 1 is 1.41 bits per heavy atom. The highest BCUT2D eigenvalue weighted by Gasteiger charge is 2.22. The summed E-state index contributed by atoms with van der Waals surface area (Å²) in [5.41, 5.74) is 2.30. The Kier molecular flexibility index (Phi) is 4.85. The molecule has 6 nitrogen and oxygen atoms in total. The van der Waals surface area contributed by atoms with Gasteiger partial charge in [0.15, 0.2) is 0 Å². The molecule has 3 heterocycles. The molecule has 1 saturated heterocycles. The number of nitrogens with one attached hydrogen (secondary N) is 2. The minimum absolute atomic E-state index is 0.118. The number of hydrogen-bond donors (Lipinski definition) is 2. The van der Waals surface area contributed by atoms with E-state index in [-0.39, 0.29) is 17.8 Å². The first kappa shape index (κ1) is 17.6. The first-order valence-corrected chi connectivity index (χ1v) is 9.26. The van der Waals surface area contributed by atoms with Crippen LogP contribution in [0.5, 0.6) is 0 Å². The molecule has 1 amide bonds. The number of aromatic amines is 1. The van der Waals surface area contributed by atoms with Crippen LogP contribution in [0.4, 0.5) is 4.39 Å². The number of nitrogens with zero attached hydrogens (tertiary/aromatic N) is 3. The minimum Gasteiger partial charge on any atom is -0.348 e. The van der Waals surface area contributed by atoms with Gasteiger partial charge in [-0.15, -0.1) is 0 Å². The van der Waals surface area contributed by atoms with Crippen LogP contribution in [0.2, 0.25) is 0 Å². The number of fused-ring (bicyclic) bond motifs is 1. The zero-order valence-electron chi connectivity index (χ0n) is 15.2. The van der Waals surface area contributed by atoms with Crippen molar-refractivity contribution in [1.82, 2.24) is 25.4 Å². The van der Waals surface area contributed by atoms with Crippen molar-refractivity contribution in [2.75, 3.05) is 19.6 Å². The number of benzene rings is 1. The third kappa shape index (κ3) is 3.68. The van der Waals surface area contributed by atoms with Crippen molar-refractivity contribution < 1.29 is 9.18 Å². The molecule has 1 atom stereocenters. The number of hydrogen-bond acceptors (Lipinski definition) is 4. The van der Waals surface area contributed by atoms with Gasteiger partial charge in [0.05, 0.1) is 23.0 Å². The van der Waals surface area contributed by atoms with Crippen LogP contribution in [0, 0.1) is 5.82 Å². The van der Waals surface area contributed by atoms with Gasteiger partial charge in [-0.2, -0.15) is 5.10 Å². The average Bonchev–Trinajstić information content (AvgIpc) is 3.21. The largest absolute Gasteiger partial charge is 0.348 e. The molecular formula is C20H22FN5O. The zero-order valence-corrected chi connectivity index (χ0v) is 15.2. The van der Waals surface area contributed by atoms with Crippen molar-refractivity contribution >= 4 is 16.8 Å². The van der Waals surface area contributed by atoms with E-state index >= 15 is 0 Å². The molecule has 27 heavy (non-hydrogen) atoms.